The second-order valence-electron chi connectivity index (χ2n) is 5.66. The number of rotatable bonds is 3. The van der Waals surface area contributed by atoms with E-state index in [1.54, 1.807) is 0 Å². The maximum absolute atomic E-state index is 4.76. The number of nitrogens with one attached hydrogen (secondary N) is 1. The van der Waals surface area contributed by atoms with Crippen LogP contribution in [0.4, 0.5) is 0 Å². The molecule has 0 aromatic rings. The number of hydrogen-bond donors (Lipinski definition) is 1. The van der Waals surface area contributed by atoms with Crippen LogP contribution in [0.15, 0.2) is 4.99 Å². The monoisotopic (exact) mass is 240 g/mol. The first-order valence-electron chi connectivity index (χ1n) is 6.57. The summed E-state index contributed by atoms with van der Waals surface area (Å²) in [4.78, 5) is 4.76. The third-order valence-corrected chi connectivity index (χ3v) is 5.70. The van der Waals surface area contributed by atoms with Gasteiger partial charge in [0.1, 0.15) is 0 Å². The van der Waals surface area contributed by atoms with Gasteiger partial charge in [-0.1, -0.05) is 25.6 Å². The molecule has 0 saturated heterocycles. The third kappa shape index (κ3) is 2.39. The lowest BCUT2D eigenvalue weighted by atomic mass is 9.79. The van der Waals surface area contributed by atoms with Gasteiger partial charge in [0.25, 0.3) is 0 Å². The summed E-state index contributed by atoms with van der Waals surface area (Å²) in [5.74, 6) is 1.24. The van der Waals surface area contributed by atoms with Crippen LogP contribution in [-0.4, -0.2) is 23.0 Å². The Hall–Kier alpha value is -0.180. The van der Waals surface area contributed by atoms with Crippen LogP contribution < -0.4 is 5.32 Å². The van der Waals surface area contributed by atoms with Gasteiger partial charge >= 0.3 is 0 Å². The molecule has 0 aromatic heterocycles. The summed E-state index contributed by atoms with van der Waals surface area (Å²) < 4.78 is 0. The van der Waals surface area contributed by atoms with Crippen molar-refractivity contribution in [3.63, 3.8) is 0 Å². The van der Waals surface area contributed by atoms with Gasteiger partial charge < -0.3 is 5.32 Å². The number of nitrogens with zero attached hydrogens (tertiary/aromatic N) is 1. The first-order chi connectivity index (χ1) is 7.61. The lowest BCUT2D eigenvalue weighted by molar-refractivity contribution is 0.244. The van der Waals surface area contributed by atoms with Crippen LogP contribution in [0, 0.1) is 5.41 Å². The lowest BCUT2D eigenvalue weighted by Gasteiger charge is -2.42. The van der Waals surface area contributed by atoms with E-state index >= 15 is 0 Å². The van der Waals surface area contributed by atoms with E-state index in [4.69, 9.17) is 4.99 Å². The standard InChI is InChI=1S/C13H24N2S/c1-4-13(5-2)9-14-11(16-10-13)15-12(3)7-6-8-12/h4-10H2,1-3H3,(H,14,15). The Morgan fingerprint density at radius 3 is 2.38 bits per heavy atom. The molecule has 16 heavy (non-hydrogen) atoms. The Labute approximate surface area is 104 Å². The predicted molar refractivity (Wildman–Crippen MR) is 73.2 cm³/mol. The highest BCUT2D eigenvalue weighted by Crippen LogP contribution is 2.37. The highest BCUT2D eigenvalue weighted by Gasteiger charge is 2.35. The normalized spacial score (nSPS) is 26.8. The third-order valence-electron chi connectivity index (χ3n) is 4.44. The molecule has 2 aliphatic rings. The van der Waals surface area contributed by atoms with Crippen molar-refractivity contribution in [1.29, 1.82) is 0 Å². The Bertz CT molecular complexity index is 278. The fourth-order valence-electron chi connectivity index (χ4n) is 2.40. The molecule has 0 radical (unpaired) electrons. The van der Waals surface area contributed by atoms with Gasteiger partial charge in [0.15, 0.2) is 5.17 Å². The smallest absolute Gasteiger partial charge is 0.157 e. The Morgan fingerprint density at radius 2 is 2.00 bits per heavy atom. The SMILES string of the molecule is CCC1(CC)CN=C(NC2(C)CCC2)SC1. The first kappa shape index (κ1) is 12.3. The molecular weight excluding hydrogens is 216 g/mol. The molecule has 1 aliphatic heterocycles. The molecule has 1 heterocycles. The summed E-state index contributed by atoms with van der Waals surface area (Å²) in [6.07, 6.45) is 6.49. The molecule has 0 unspecified atom stereocenters. The zero-order chi connectivity index (χ0) is 11.6. The minimum absolute atomic E-state index is 0.351. The first-order valence-corrected chi connectivity index (χ1v) is 7.55. The van der Waals surface area contributed by atoms with Gasteiger partial charge in [-0.15, -0.1) is 0 Å². The van der Waals surface area contributed by atoms with E-state index in [0.717, 1.165) is 6.54 Å². The van der Waals surface area contributed by atoms with Gasteiger partial charge in [-0.05, 0) is 44.4 Å². The largest absolute Gasteiger partial charge is 0.360 e. The zero-order valence-corrected chi connectivity index (χ0v) is 11.6. The molecule has 0 aromatic carbocycles. The van der Waals surface area contributed by atoms with E-state index in [1.165, 1.54) is 43.0 Å². The fourth-order valence-corrected chi connectivity index (χ4v) is 3.81. The molecule has 1 fully saturated rings. The molecule has 0 amide bonds. The van der Waals surface area contributed by atoms with Gasteiger partial charge in [0.2, 0.25) is 0 Å². The van der Waals surface area contributed by atoms with Gasteiger partial charge in [0, 0.05) is 17.8 Å². The molecule has 0 atom stereocenters. The van der Waals surface area contributed by atoms with Crippen molar-refractivity contribution in [1.82, 2.24) is 5.32 Å². The summed E-state index contributed by atoms with van der Waals surface area (Å²) in [6.45, 7) is 7.93. The molecule has 0 spiro atoms. The average Bonchev–Trinajstić information content (AvgIpc) is 2.28. The predicted octanol–water partition coefficient (Wildman–Crippen LogP) is 3.43. The Kier molecular flexibility index (Phi) is 3.53. The molecule has 1 N–H and O–H groups in total. The second-order valence-corrected chi connectivity index (χ2v) is 6.62. The summed E-state index contributed by atoms with van der Waals surface area (Å²) in [5.41, 5.74) is 0.820. The second kappa shape index (κ2) is 4.59. The molecule has 3 heteroatoms. The van der Waals surface area contributed by atoms with Crippen molar-refractivity contribution in [2.75, 3.05) is 12.3 Å². The number of hydrogen-bond acceptors (Lipinski definition) is 3. The summed E-state index contributed by atoms with van der Waals surface area (Å²) >= 11 is 1.93. The van der Waals surface area contributed by atoms with E-state index < -0.39 is 0 Å². The van der Waals surface area contributed by atoms with Crippen LogP contribution in [0.3, 0.4) is 0 Å². The molecule has 0 bridgehead atoms. The molecule has 2 rings (SSSR count). The van der Waals surface area contributed by atoms with Crippen LogP contribution in [0.2, 0.25) is 0 Å². The Balaban J connectivity index is 1.92. The van der Waals surface area contributed by atoms with Crippen molar-refractivity contribution in [2.45, 2.75) is 58.4 Å². The maximum atomic E-state index is 4.76. The molecule has 92 valence electrons. The molecule has 2 nitrogen and oxygen atoms in total. The van der Waals surface area contributed by atoms with Crippen LogP contribution in [-0.2, 0) is 0 Å². The van der Waals surface area contributed by atoms with Crippen LogP contribution in [0.1, 0.15) is 52.9 Å². The van der Waals surface area contributed by atoms with E-state index in [1.807, 2.05) is 11.8 Å². The van der Waals surface area contributed by atoms with E-state index in [9.17, 15) is 0 Å². The van der Waals surface area contributed by atoms with Gasteiger partial charge in [-0.25, -0.2) is 0 Å². The van der Waals surface area contributed by atoms with Crippen LogP contribution >= 0.6 is 11.8 Å². The Morgan fingerprint density at radius 1 is 1.31 bits per heavy atom. The summed E-state index contributed by atoms with van der Waals surface area (Å²) in [7, 11) is 0. The van der Waals surface area contributed by atoms with Gasteiger partial charge in [0.05, 0.1) is 0 Å². The lowest BCUT2D eigenvalue weighted by Crippen LogP contribution is -2.51. The number of amidine groups is 1. The van der Waals surface area contributed by atoms with E-state index in [0.29, 0.717) is 11.0 Å². The zero-order valence-electron chi connectivity index (χ0n) is 10.8. The average molecular weight is 240 g/mol. The maximum Gasteiger partial charge on any atom is 0.157 e. The minimum Gasteiger partial charge on any atom is -0.360 e. The van der Waals surface area contributed by atoms with Crippen LogP contribution in [0.25, 0.3) is 0 Å². The fraction of sp³-hybridized carbons (Fsp3) is 0.923. The van der Waals surface area contributed by atoms with Crippen molar-refractivity contribution in [3.8, 4) is 0 Å². The van der Waals surface area contributed by atoms with Crippen LogP contribution in [0.5, 0.6) is 0 Å². The van der Waals surface area contributed by atoms with Crippen molar-refractivity contribution < 1.29 is 0 Å². The minimum atomic E-state index is 0.351. The highest BCUT2D eigenvalue weighted by molar-refractivity contribution is 8.13. The highest BCUT2D eigenvalue weighted by atomic mass is 32.2. The van der Waals surface area contributed by atoms with Gasteiger partial charge in [-0.3, -0.25) is 4.99 Å². The van der Waals surface area contributed by atoms with Crippen molar-refractivity contribution in [2.24, 2.45) is 10.4 Å². The number of aliphatic imine (C=N–C) groups is 1. The topological polar surface area (TPSA) is 24.4 Å². The summed E-state index contributed by atoms with van der Waals surface area (Å²) in [5, 5.41) is 4.82. The molecular formula is C13H24N2S. The number of thioether (sulfide) groups is 1. The van der Waals surface area contributed by atoms with Crippen molar-refractivity contribution >= 4 is 16.9 Å². The van der Waals surface area contributed by atoms with E-state index in [2.05, 4.69) is 26.1 Å². The van der Waals surface area contributed by atoms with Crippen molar-refractivity contribution in [3.05, 3.63) is 0 Å². The quantitative estimate of drug-likeness (QED) is 0.817. The van der Waals surface area contributed by atoms with E-state index in [-0.39, 0.29) is 0 Å². The summed E-state index contributed by atoms with van der Waals surface area (Å²) in [6, 6.07) is 0. The molecule has 1 aliphatic carbocycles. The molecule has 1 saturated carbocycles. The van der Waals surface area contributed by atoms with Gasteiger partial charge in [-0.2, -0.15) is 0 Å².